The standard InChI is InChI=1S/C10H13N3S2/c11-4-2-1-3-8-7-15-10(13-8)9-12-5-6-14-9/h5-7H,1-4,11H2. The predicted molar refractivity (Wildman–Crippen MR) is 65.2 cm³/mol. The monoisotopic (exact) mass is 239 g/mol. The number of rotatable bonds is 5. The maximum Gasteiger partial charge on any atom is 0.152 e. The van der Waals surface area contributed by atoms with Crippen LogP contribution in [0.15, 0.2) is 17.0 Å². The van der Waals surface area contributed by atoms with E-state index < -0.39 is 0 Å². The smallest absolute Gasteiger partial charge is 0.152 e. The van der Waals surface area contributed by atoms with Crippen molar-refractivity contribution in [2.75, 3.05) is 6.54 Å². The van der Waals surface area contributed by atoms with Crippen molar-refractivity contribution in [1.82, 2.24) is 9.97 Å². The zero-order valence-corrected chi connectivity index (χ0v) is 9.98. The molecule has 3 nitrogen and oxygen atoms in total. The van der Waals surface area contributed by atoms with Crippen molar-refractivity contribution in [1.29, 1.82) is 0 Å². The van der Waals surface area contributed by atoms with Gasteiger partial charge in [0.2, 0.25) is 0 Å². The Kier molecular flexibility index (Phi) is 3.82. The molecule has 0 bridgehead atoms. The van der Waals surface area contributed by atoms with E-state index >= 15 is 0 Å². The van der Waals surface area contributed by atoms with Crippen LogP contribution in [-0.4, -0.2) is 16.5 Å². The Balaban J connectivity index is 1.98. The van der Waals surface area contributed by atoms with E-state index in [4.69, 9.17) is 5.73 Å². The van der Waals surface area contributed by atoms with Crippen LogP contribution in [0.4, 0.5) is 0 Å². The third kappa shape index (κ3) is 2.84. The zero-order valence-electron chi connectivity index (χ0n) is 8.35. The lowest BCUT2D eigenvalue weighted by Crippen LogP contribution is -1.99. The molecule has 5 heteroatoms. The van der Waals surface area contributed by atoms with Crippen LogP contribution in [-0.2, 0) is 6.42 Å². The van der Waals surface area contributed by atoms with Crippen molar-refractivity contribution < 1.29 is 0 Å². The molecule has 0 fully saturated rings. The minimum absolute atomic E-state index is 0.767. The molecule has 2 aromatic heterocycles. The van der Waals surface area contributed by atoms with Gasteiger partial charge in [-0.3, -0.25) is 0 Å². The fourth-order valence-corrected chi connectivity index (χ4v) is 2.85. The molecule has 80 valence electrons. The van der Waals surface area contributed by atoms with Crippen LogP contribution in [0.1, 0.15) is 18.5 Å². The van der Waals surface area contributed by atoms with E-state index in [2.05, 4.69) is 15.3 Å². The number of aromatic nitrogens is 2. The SMILES string of the molecule is NCCCCc1csc(-c2nccs2)n1. The highest BCUT2D eigenvalue weighted by atomic mass is 32.1. The molecule has 0 aliphatic carbocycles. The molecule has 0 saturated heterocycles. The largest absolute Gasteiger partial charge is 0.330 e. The molecular formula is C10H13N3S2. The minimum atomic E-state index is 0.767. The summed E-state index contributed by atoms with van der Waals surface area (Å²) >= 11 is 3.31. The van der Waals surface area contributed by atoms with Gasteiger partial charge in [-0.1, -0.05) is 0 Å². The Hall–Kier alpha value is -0.780. The summed E-state index contributed by atoms with van der Waals surface area (Å²) in [5.74, 6) is 0. The molecule has 0 radical (unpaired) electrons. The van der Waals surface area contributed by atoms with E-state index in [1.54, 1.807) is 22.7 Å². The van der Waals surface area contributed by atoms with Crippen LogP contribution in [0.3, 0.4) is 0 Å². The first kappa shape index (κ1) is 10.7. The molecule has 0 amide bonds. The Bertz CT molecular complexity index is 394. The van der Waals surface area contributed by atoms with Crippen LogP contribution in [0.2, 0.25) is 0 Å². The zero-order chi connectivity index (χ0) is 10.5. The first-order valence-electron chi connectivity index (χ1n) is 4.94. The lowest BCUT2D eigenvalue weighted by molar-refractivity contribution is 0.736. The first-order valence-corrected chi connectivity index (χ1v) is 6.70. The van der Waals surface area contributed by atoms with Crippen LogP contribution in [0.5, 0.6) is 0 Å². The van der Waals surface area contributed by atoms with E-state index in [-0.39, 0.29) is 0 Å². The van der Waals surface area contributed by atoms with Crippen molar-refractivity contribution in [3.63, 3.8) is 0 Å². The fourth-order valence-electron chi connectivity index (χ4n) is 1.30. The Morgan fingerprint density at radius 2 is 2.13 bits per heavy atom. The van der Waals surface area contributed by atoms with Crippen molar-refractivity contribution in [3.05, 3.63) is 22.7 Å². The topological polar surface area (TPSA) is 51.8 Å². The summed E-state index contributed by atoms with van der Waals surface area (Å²) in [4.78, 5) is 8.79. The lowest BCUT2D eigenvalue weighted by atomic mass is 10.2. The van der Waals surface area contributed by atoms with Crippen molar-refractivity contribution in [2.24, 2.45) is 5.73 Å². The normalized spacial score (nSPS) is 10.7. The predicted octanol–water partition coefficient (Wildman–Crippen LogP) is 2.55. The number of aryl methyl sites for hydroxylation is 1. The molecule has 2 heterocycles. The van der Waals surface area contributed by atoms with Gasteiger partial charge < -0.3 is 5.73 Å². The summed E-state index contributed by atoms with van der Waals surface area (Å²) in [5, 5.41) is 6.15. The van der Waals surface area contributed by atoms with E-state index in [1.165, 1.54) is 5.69 Å². The van der Waals surface area contributed by atoms with Gasteiger partial charge in [0.15, 0.2) is 10.0 Å². The first-order chi connectivity index (χ1) is 7.40. The lowest BCUT2D eigenvalue weighted by Gasteiger charge is -1.94. The van der Waals surface area contributed by atoms with E-state index in [0.29, 0.717) is 0 Å². The summed E-state index contributed by atoms with van der Waals surface area (Å²) in [7, 11) is 0. The van der Waals surface area contributed by atoms with Gasteiger partial charge in [-0.25, -0.2) is 9.97 Å². The van der Waals surface area contributed by atoms with Crippen LogP contribution in [0, 0.1) is 0 Å². The summed E-state index contributed by atoms with van der Waals surface area (Å²) in [6.45, 7) is 0.767. The Morgan fingerprint density at radius 1 is 1.20 bits per heavy atom. The average Bonchev–Trinajstić information content (AvgIpc) is 2.87. The van der Waals surface area contributed by atoms with Crippen molar-refractivity contribution in [3.8, 4) is 10.0 Å². The van der Waals surface area contributed by atoms with Gasteiger partial charge in [-0.15, -0.1) is 22.7 Å². The van der Waals surface area contributed by atoms with Gasteiger partial charge in [-0.2, -0.15) is 0 Å². The average molecular weight is 239 g/mol. The van der Waals surface area contributed by atoms with Crippen LogP contribution in [0.25, 0.3) is 10.0 Å². The minimum Gasteiger partial charge on any atom is -0.330 e. The van der Waals surface area contributed by atoms with E-state index in [9.17, 15) is 0 Å². The molecule has 0 aliphatic heterocycles. The summed E-state index contributed by atoms with van der Waals surface area (Å²) in [5.41, 5.74) is 6.61. The maximum atomic E-state index is 5.45. The molecule has 0 aliphatic rings. The van der Waals surface area contributed by atoms with Crippen molar-refractivity contribution in [2.45, 2.75) is 19.3 Å². The summed E-state index contributed by atoms with van der Waals surface area (Å²) in [6, 6.07) is 0. The van der Waals surface area contributed by atoms with Gasteiger partial charge in [0.05, 0.1) is 5.69 Å². The van der Waals surface area contributed by atoms with E-state index in [0.717, 1.165) is 35.8 Å². The highest BCUT2D eigenvalue weighted by Crippen LogP contribution is 2.25. The molecule has 0 unspecified atom stereocenters. The second-order valence-corrected chi connectivity index (χ2v) is 4.98. The maximum absolute atomic E-state index is 5.45. The molecule has 15 heavy (non-hydrogen) atoms. The number of hydrogen-bond acceptors (Lipinski definition) is 5. The molecular weight excluding hydrogens is 226 g/mol. The third-order valence-electron chi connectivity index (χ3n) is 2.05. The highest BCUT2D eigenvalue weighted by Gasteiger charge is 2.06. The Labute approximate surface area is 97.0 Å². The van der Waals surface area contributed by atoms with Gasteiger partial charge in [-0.05, 0) is 25.8 Å². The van der Waals surface area contributed by atoms with Gasteiger partial charge >= 0.3 is 0 Å². The van der Waals surface area contributed by atoms with Gasteiger partial charge in [0, 0.05) is 17.0 Å². The van der Waals surface area contributed by atoms with Crippen LogP contribution < -0.4 is 5.73 Å². The van der Waals surface area contributed by atoms with Crippen LogP contribution >= 0.6 is 22.7 Å². The summed E-state index contributed by atoms with van der Waals surface area (Å²) in [6.07, 6.45) is 5.04. The highest BCUT2D eigenvalue weighted by molar-refractivity contribution is 7.19. The van der Waals surface area contributed by atoms with Gasteiger partial charge in [0.25, 0.3) is 0 Å². The van der Waals surface area contributed by atoms with E-state index in [1.807, 2.05) is 11.6 Å². The molecule has 0 aromatic carbocycles. The Morgan fingerprint density at radius 3 is 2.87 bits per heavy atom. The number of thiazole rings is 2. The molecule has 0 atom stereocenters. The number of nitrogens with zero attached hydrogens (tertiary/aromatic N) is 2. The quantitative estimate of drug-likeness (QED) is 0.816. The molecule has 2 N–H and O–H groups in total. The number of hydrogen-bond donors (Lipinski definition) is 1. The summed E-state index contributed by atoms with van der Waals surface area (Å²) < 4.78 is 0. The second kappa shape index (κ2) is 5.34. The number of unbranched alkanes of at least 4 members (excludes halogenated alkanes) is 1. The molecule has 2 aromatic rings. The van der Waals surface area contributed by atoms with Gasteiger partial charge in [0.1, 0.15) is 0 Å². The molecule has 0 saturated carbocycles. The molecule has 2 rings (SSSR count). The fraction of sp³-hybridized carbons (Fsp3) is 0.400. The molecule has 0 spiro atoms. The second-order valence-electron chi connectivity index (χ2n) is 3.23. The third-order valence-corrected chi connectivity index (χ3v) is 3.86. The van der Waals surface area contributed by atoms with Crippen molar-refractivity contribution >= 4 is 22.7 Å². The number of nitrogens with two attached hydrogens (primary N) is 1.